The summed E-state index contributed by atoms with van der Waals surface area (Å²) in [5, 5.41) is 10.3. The van der Waals surface area contributed by atoms with Crippen molar-refractivity contribution in [1.82, 2.24) is 4.57 Å². The van der Waals surface area contributed by atoms with E-state index in [0.717, 1.165) is 31.4 Å². The summed E-state index contributed by atoms with van der Waals surface area (Å²) in [7, 11) is 0. The third-order valence-corrected chi connectivity index (χ3v) is 5.85. The van der Waals surface area contributed by atoms with Crippen LogP contribution in [0.2, 0.25) is 0 Å². The molecule has 0 spiro atoms. The third-order valence-electron chi connectivity index (χ3n) is 5.85. The van der Waals surface area contributed by atoms with Crippen molar-refractivity contribution >= 4 is 0 Å². The second-order valence-electron chi connectivity index (χ2n) is 8.06. The average molecular weight is 443 g/mol. The molecular weight excluding hydrogens is 419 g/mol. The number of rotatable bonds is 5. The molecule has 4 nitrogen and oxygen atoms in total. The number of pyridine rings is 1. The van der Waals surface area contributed by atoms with Crippen molar-refractivity contribution in [1.29, 1.82) is 0 Å². The molecule has 0 amide bonds. The fourth-order valence-electron chi connectivity index (χ4n) is 4.18. The number of nitrogens with zero attached hydrogens (tertiary/aromatic N) is 1. The summed E-state index contributed by atoms with van der Waals surface area (Å²) >= 11 is 0. The van der Waals surface area contributed by atoms with Gasteiger partial charge >= 0.3 is 6.18 Å². The van der Waals surface area contributed by atoms with Crippen molar-refractivity contribution in [2.45, 2.75) is 50.6 Å². The van der Waals surface area contributed by atoms with Crippen molar-refractivity contribution in [3.05, 3.63) is 88.3 Å². The van der Waals surface area contributed by atoms with Gasteiger partial charge in [-0.25, -0.2) is 0 Å². The summed E-state index contributed by atoms with van der Waals surface area (Å²) in [6.45, 7) is -0.0355. The van der Waals surface area contributed by atoms with Crippen LogP contribution in [0.15, 0.2) is 71.7 Å². The number of aliphatic hydroxyl groups is 1. The van der Waals surface area contributed by atoms with Gasteiger partial charge in [0, 0.05) is 17.8 Å². The number of halogens is 3. The lowest BCUT2D eigenvalue weighted by Crippen LogP contribution is -2.34. The van der Waals surface area contributed by atoms with E-state index in [1.165, 1.54) is 12.1 Å². The number of benzene rings is 2. The van der Waals surface area contributed by atoms with Crippen LogP contribution < -0.4 is 10.3 Å². The molecule has 1 aliphatic rings. The number of ether oxygens (including phenoxy) is 1. The lowest BCUT2D eigenvalue weighted by atomic mass is 9.92. The Labute approximate surface area is 183 Å². The Morgan fingerprint density at radius 3 is 2.53 bits per heavy atom. The molecule has 0 saturated heterocycles. The van der Waals surface area contributed by atoms with E-state index >= 15 is 0 Å². The van der Waals surface area contributed by atoms with Gasteiger partial charge in [-0.2, -0.15) is 13.2 Å². The van der Waals surface area contributed by atoms with Crippen molar-refractivity contribution in [3.8, 4) is 16.9 Å². The van der Waals surface area contributed by atoms with Gasteiger partial charge in [-0.3, -0.25) is 4.79 Å². The highest BCUT2D eigenvalue weighted by Crippen LogP contribution is 2.33. The Morgan fingerprint density at radius 1 is 1.00 bits per heavy atom. The maximum atomic E-state index is 13.0. The standard InChI is InChI=1S/C25H24F3NO3/c26-25(27,28)19-7-5-6-17(14-19)16-32-23-11-4-1-8-20(23)18-12-13-29(24(31)15-18)21-9-2-3-10-22(21)30/h1,4-8,11-15,21-22,30H,2-3,9-10,16H2. The fraction of sp³-hybridized carbons (Fsp3) is 0.320. The van der Waals surface area contributed by atoms with E-state index in [1.807, 2.05) is 6.07 Å². The molecule has 32 heavy (non-hydrogen) atoms. The van der Waals surface area contributed by atoms with E-state index in [0.29, 0.717) is 28.9 Å². The summed E-state index contributed by atoms with van der Waals surface area (Å²) in [6.07, 6.45) is 0.130. The highest BCUT2D eigenvalue weighted by Gasteiger charge is 2.30. The van der Waals surface area contributed by atoms with Crippen LogP contribution in [0.5, 0.6) is 5.75 Å². The van der Waals surface area contributed by atoms with Crippen LogP contribution >= 0.6 is 0 Å². The number of aromatic nitrogens is 1. The molecule has 2 aromatic carbocycles. The van der Waals surface area contributed by atoms with Crippen LogP contribution in [0, 0.1) is 0 Å². The molecule has 1 N–H and O–H groups in total. The number of alkyl halides is 3. The van der Waals surface area contributed by atoms with Gasteiger partial charge in [-0.1, -0.05) is 43.2 Å². The number of aliphatic hydroxyl groups excluding tert-OH is 1. The second-order valence-corrected chi connectivity index (χ2v) is 8.06. The first-order valence-corrected chi connectivity index (χ1v) is 10.6. The van der Waals surface area contributed by atoms with E-state index in [-0.39, 0.29) is 18.2 Å². The lowest BCUT2D eigenvalue weighted by Gasteiger charge is -2.29. The first kappa shape index (κ1) is 22.1. The smallest absolute Gasteiger partial charge is 0.416 e. The molecule has 4 rings (SSSR count). The van der Waals surface area contributed by atoms with Gasteiger partial charge in [0.25, 0.3) is 5.56 Å². The molecule has 1 saturated carbocycles. The topological polar surface area (TPSA) is 51.5 Å². The van der Waals surface area contributed by atoms with Crippen LogP contribution in [0.4, 0.5) is 13.2 Å². The molecule has 3 aromatic rings. The molecule has 0 bridgehead atoms. The summed E-state index contributed by atoms with van der Waals surface area (Å²) in [4.78, 5) is 12.8. The largest absolute Gasteiger partial charge is 0.488 e. The van der Waals surface area contributed by atoms with E-state index < -0.39 is 17.8 Å². The molecule has 1 aromatic heterocycles. The highest BCUT2D eigenvalue weighted by atomic mass is 19.4. The Morgan fingerprint density at radius 2 is 1.78 bits per heavy atom. The van der Waals surface area contributed by atoms with Gasteiger partial charge in [0.05, 0.1) is 17.7 Å². The fourth-order valence-corrected chi connectivity index (χ4v) is 4.18. The second kappa shape index (κ2) is 9.20. The minimum Gasteiger partial charge on any atom is -0.488 e. The molecular formula is C25H24F3NO3. The molecule has 7 heteroatoms. The molecule has 168 valence electrons. The van der Waals surface area contributed by atoms with E-state index in [9.17, 15) is 23.1 Å². The Kier molecular flexibility index (Phi) is 6.37. The summed E-state index contributed by atoms with van der Waals surface area (Å²) in [5.74, 6) is 0.472. The summed E-state index contributed by atoms with van der Waals surface area (Å²) < 4.78 is 46.3. The van der Waals surface area contributed by atoms with Crippen LogP contribution in [0.25, 0.3) is 11.1 Å². The first-order chi connectivity index (χ1) is 15.3. The zero-order chi connectivity index (χ0) is 22.7. The zero-order valence-corrected chi connectivity index (χ0v) is 17.4. The number of para-hydroxylation sites is 1. The molecule has 2 unspecified atom stereocenters. The van der Waals surface area contributed by atoms with Crippen molar-refractivity contribution < 1.29 is 23.0 Å². The minimum absolute atomic E-state index is 0.0355. The normalized spacial score (nSPS) is 19.0. The van der Waals surface area contributed by atoms with E-state index in [1.54, 1.807) is 41.1 Å². The van der Waals surface area contributed by atoms with Crippen molar-refractivity contribution in [3.63, 3.8) is 0 Å². The Balaban J connectivity index is 1.56. The van der Waals surface area contributed by atoms with Gasteiger partial charge in [-0.15, -0.1) is 0 Å². The SMILES string of the molecule is O=c1cc(-c2ccccc2OCc2cccc(C(F)(F)F)c2)ccn1C1CCCCC1O. The minimum atomic E-state index is -4.41. The van der Waals surface area contributed by atoms with Crippen LogP contribution in [-0.2, 0) is 12.8 Å². The van der Waals surface area contributed by atoms with Crippen LogP contribution in [0.1, 0.15) is 42.9 Å². The monoisotopic (exact) mass is 443 g/mol. The predicted molar refractivity (Wildman–Crippen MR) is 115 cm³/mol. The quantitative estimate of drug-likeness (QED) is 0.559. The maximum Gasteiger partial charge on any atom is 0.416 e. The lowest BCUT2D eigenvalue weighted by molar-refractivity contribution is -0.137. The maximum absolute atomic E-state index is 13.0. The van der Waals surface area contributed by atoms with E-state index in [2.05, 4.69) is 0 Å². The van der Waals surface area contributed by atoms with Gasteiger partial charge in [-0.05, 0) is 48.2 Å². The van der Waals surface area contributed by atoms with Crippen molar-refractivity contribution in [2.75, 3.05) is 0 Å². The molecule has 0 aliphatic heterocycles. The van der Waals surface area contributed by atoms with Crippen LogP contribution in [-0.4, -0.2) is 15.8 Å². The molecule has 1 heterocycles. The van der Waals surface area contributed by atoms with Gasteiger partial charge in [0.15, 0.2) is 0 Å². The Bertz CT molecular complexity index is 1140. The summed E-state index contributed by atoms with van der Waals surface area (Å²) in [5.41, 5.74) is 0.793. The van der Waals surface area contributed by atoms with Gasteiger partial charge in [0.1, 0.15) is 12.4 Å². The first-order valence-electron chi connectivity index (χ1n) is 10.6. The molecule has 0 radical (unpaired) electrons. The predicted octanol–water partition coefficient (Wildman–Crippen LogP) is 5.59. The molecule has 1 fully saturated rings. The van der Waals surface area contributed by atoms with Crippen molar-refractivity contribution in [2.24, 2.45) is 0 Å². The van der Waals surface area contributed by atoms with E-state index in [4.69, 9.17) is 4.74 Å². The average Bonchev–Trinajstić information content (AvgIpc) is 2.78. The molecule has 1 aliphatic carbocycles. The zero-order valence-electron chi connectivity index (χ0n) is 17.4. The Hall–Kier alpha value is -3.06. The third kappa shape index (κ3) is 4.88. The molecule has 2 atom stereocenters. The number of hydrogen-bond donors (Lipinski definition) is 1. The van der Waals surface area contributed by atoms with Gasteiger partial charge < -0.3 is 14.4 Å². The number of hydrogen-bond acceptors (Lipinski definition) is 3. The van der Waals surface area contributed by atoms with Crippen LogP contribution in [0.3, 0.4) is 0 Å². The summed E-state index contributed by atoms with van der Waals surface area (Å²) in [6, 6.07) is 15.2. The van der Waals surface area contributed by atoms with Gasteiger partial charge in [0.2, 0.25) is 0 Å². The highest BCUT2D eigenvalue weighted by molar-refractivity contribution is 5.69.